The average molecular weight is 982 g/mol. The second kappa shape index (κ2) is 19.3. The molecule has 0 bridgehead atoms. The summed E-state index contributed by atoms with van der Waals surface area (Å²) >= 11 is 0. The van der Waals surface area contributed by atoms with E-state index in [9.17, 15) is 49.2 Å². The maximum absolute atomic E-state index is 14.0. The van der Waals surface area contributed by atoms with Crippen molar-refractivity contribution >= 4 is 52.1 Å². The SMILES string of the molecule is COc1cccc2c1C(=O)c1c(O)c3c(c(O)c1C2=O)C[C@](O)(C(C)=O)C[C@H]3OC1CC(NCc2ccc(NC(=O)c3cc(NC(=O)c4cc(NC(=O)c5ccccn5)cn4C)cn3C)cc2)C(O)C(C)O1. The molecule has 1 fully saturated rings. The zero-order chi connectivity index (χ0) is 51.3. The Labute approximate surface area is 411 Å². The lowest BCUT2D eigenvalue weighted by Crippen LogP contribution is -2.54. The van der Waals surface area contributed by atoms with Gasteiger partial charge in [-0.3, -0.25) is 33.8 Å². The summed E-state index contributed by atoms with van der Waals surface area (Å²) in [4.78, 5) is 84.1. The first-order valence-electron chi connectivity index (χ1n) is 22.9. The molecule has 0 spiro atoms. The normalized spacial score (nSPS) is 21.2. The van der Waals surface area contributed by atoms with E-state index in [1.165, 1.54) is 50.6 Å². The van der Waals surface area contributed by atoms with E-state index < -0.39 is 107 Å². The highest BCUT2D eigenvalue weighted by Gasteiger charge is 2.49. The second-order valence-electron chi connectivity index (χ2n) is 18.2. The minimum atomic E-state index is -2.10. The largest absolute Gasteiger partial charge is 0.507 e. The number of amides is 3. The molecule has 4 heterocycles. The van der Waals surface area contributed by atoms with Crippen LogP contribution in [0, 0.1) is 0 Å². The molecule has 20 nitrogen and oxygen atoms in total. The molecule has 4 unspecified atom stereocenters. The molecule has 2 aliphatic carbocycles. The molecule has 0 radical (unpaired) electrons. The van der Waals surface area contributed by atoms with Crippen molar-refractivity contribution in [3.05, 3.63) is 147 Å². The van der Waals surface area contributed by atoms with Crippen LogP contribution in [-0.4, -0.2) is 107 Å². The number of Topliss-reactive ketones (excluding diaryl/α,β-unsaturated/α-hetero) is 1. The molecule has 8 N–H and O–H groups in total. The first-order chi connectivity index (χ1) is 34.3. The van der Waals surface area contributed by atoms with Gasteiger partial charge in [0.05, 0.1) is 53.5 Å². The predicted octanol–water partition coefficient (Wildman–Crippen LogP) is 4.69. The van der Waals surface area contributed by atoms with Crippen LogP contribution in [0.3, 0.4) is 0 Å². The molecule has 3 aromatic heterocycles. The van der Waals surface area contributed by atoms with Crippen LogP contribution in [0.25, 0.3) is 0 Å². The fourth-order valence-electron chi connectivity index (χ4n) is 9.58. The first-order valence-corrected chi connectivity index (χ1v) is 22.9. The van der Waals surface area contributed by atoms with Crippen molar-refractivity contribution in [2.75, 3.05) is 23.1 Å². The highest BCUT2D eigenvalue weighted by molar-refractivity contribution is 6.31. The van der Waals surface area contributed by atoms with Gasteiger partial charge in [-0.2, -0.15) is 0 Å². The molecule has 20 heteroatoms. The third-order valence-corrected chi connectivity index (χ3v) is 13.4. The number of fused-ring (bicyclic) bond motifs is 3. The Hall–Kier alpha value is -8.01. The number of pyridine rings is 1. The van der Waals surface area contributed by atoms with Crippen LogP contribution in [0.1, 0.15) is 113 Å². The van der Waals surface area contributed by atoms with Crippen molar-refractivity contribution in [2.24, 2.45) is 14.1 Å². The summed E-state index contributed by atoms with van der Waals surface area (Å²) in [6, 6.07) is 18.8. The van der Waals surface area contributed by atoms with Gasteiger partial charge in [0.2, 0.25) is 5.78 Å². The molecule has 72 heavy (non-hydrogen) atoms. The summed E-state index contributed by atoms with van der Waals surface area (Å²) in [6.07, 6.45) is -0.377. The summed E-state index contributed by atoms with van der Waals surface area (Å²) in [5.74, 6) is -4.75. The van der Waals surface area contributed by atoms with Gasteiger partial charge in [0.25, 0.3) is 17.7 Å². The molecule has 0 saturated carbocycles. The van der Waals surface area contributed by atoms with E-state index in [2.05, 4.69) is 26.3 Å². The molecule has 6 atom stereocenters. The number of aromatic nitrogens is 3. The van der Waals surface area contributed by atoms with Crippen LogP contribution in [0.2, 0.25) is 0 Å². The number of aryl methyl sites for hydroxylation is 2. The van der Waals surface area contributed by atoms with Gasteiger partial charge in [0.15, 0.2) is 17.9 Å². The van der Waals surface area contributed by atoms with Gasteiger partial charge >= 0.3 is 0 Å². The number of phenolic OH excluding ortho intramolecular Hbond substituents is 2. The number of nitrogens with zero attached hydrogens (tertiary/aromatic N) is 3. The Morgan fingerprint density at radius 2 is 1.46 bits per heavy atom. The highest BCUT2D eigenvalue weighted by Crippen LogP contribution is 2.52. The van der Waals surface area contributed by atoms with Crippen molar-refractivity contribution in [1.29, 1.82) is 0 Å². The van der Waals surface area contributed by atoms with Crippen molar-refractivity contribution in [2.45, 2.75) is 75.9 Å². The second-order valence-corrected chi connectivity index (χ2v) is 18.2. The fourth-order valence-corrected chi connectivity index (χ4v) is 9.58. The van der Waals surface area contributed by atoms with Crippen molar-refractivity contribution < 1.29 is 63.4 Å². The van der Waals surface area contributed by atoms with Crippen LogP contribution in [0.4, 0.5) is 17.1 Å². The molecule has 3 amide bonds. The lowest BCUT2D eigenvalue weighted by atomic mass is 9.72. The number of carbonyl (C=O) groups is 6. The van der Waals surface area contributed by atoms with Crippen LogP contribution in [0.15, 0.2) is 91.4 Å². The van der Waals surface area contributed by atoms with Gasteiger partial charge in [0.1, 0.15) is 39.9 Å². The number of carbonyl (C=O) groups excluding carboxylic acids is 6. The van der Waals surface area contributed by atoms with E-state index in [0.29, 0.717) is 17.1 Å². The number of aliphatic hydroxyl groups is 2. The molecule has 1 saturated heterocycles. The first kappa shape index (κ1) is 49.0. The van der Waals surface area contributed by atoms with Crippen molar-refractivity contribution in [1.82, 2.24) is 19.4 Å². The summed E-state index contributed by atoms with van der Waals surface area (Å²) in [7, 11) is 4.66. The standard InChI is InChI=1S/C52H51N7O13/c1-25-44(61)34(19-39(71-25)72-38-21-52(69,26(2)60)20-32-41(38)48(65)43-42(46(32)63)45(62)31-9-8-11-37(70-5)40(31)47(43)64)54-22-27-12-14-28(15-13-27)55-50(67)35-18-30(24-59(35)4)57-51(68)36-17-29(23-58(36)3)56-49(66)33-10-6-7-16-53-33/h6-18,23-25,34,38-39,44,54,61,63,65,69H,19-22H2,1-5H3,(H,55,67)(H,56,66)(H,57,68)/t25?,34?,38-,39?,44?,52-/m1/s1. The van der Waals surface area contributed by atoms with Crippen LogP contribution in [0.5, 0.6) is 17.2 Å². The zero-order valence-electron chi connectivity index (χ0n) is 39.7. The number of ether oxygens (including phenoxy) is 3. The van der Waals surface area contributed by atoms with Crippen LogP contribution >= 0.6 is 0 Å². The van der Waals surface area contributed by atoms with Gasteiger partial charge in [-0.05, 0) is 61.9 Å². The van der Waals surface area contributed by atoms with Gasteiger partial charge in [-0.15, -0.1) is 0 Å². The quantitative estimate of drug-likeness (QED) is 0.0728. The third-order valence-electron chi connectivity index (χ3n) is 13.4. The summed E-state index contributed by atoms with van der Waals surface area (Å²) in [5.41, 5.74) is -0.601. The number of hydrogen-bond acceptors (Lipinski definition) is 15. The Morgan fingerprint density at radius 1 is 0.819 bits per heavy atom. The summed E-state index contributed by atoms with van der Waals surface area (Å²) in [6.45, 7) is 3.07. The minimum absolute atomic E-state index is 0.0415. The smallest absolute Gasteiger partial charge is 0.274 e. The van der Waals surface area contributed by atoms with E-state index in [1.54, 1.807) is 85.0 Å². The van der Waals surface area contributed by atoms with E-state index in [4.69, 9.17) is 14.2 Å². The highest BCUT2D eigenvalue weighted by atomic mass is 16.7. The van der Waals surface area contributed by atoms with E-state index in [1.807, 2.05) is 0 Å². The number of anilines is 3. The molecule has 3 aliphatic rings. The molecule has 9 rings (SSSR count). The number of nitrogens with one attached hydrogen (secondary N) is 4. The van der Waals surface area contributed by atoms with Gasteiger partial charge in [-0.25, -0.2) is 0 Å². The maximum Gasteiger partial charge on any atom is 0.274 e. The Morgan fingerprint density at radius 3 is 2.08 bits per heavy atom. The number of benzene rings is 3. The number of rotatable bonds is 13. The minimum Gasteiger partial charge on any atom is -0.507 e. The van der Waals surface area contributed by atoms with E-state index >= 15 is 0 Å². The molecule has 372 valence electrons. The Balaban J connectivity index is 0.844. The molecule has 3 aromatic carbocycles. The predicted molar refractivity (Wildman–Crippen MR) is 258 cm³/mol. The number of methoxy groups -OCH3 is 1. The third kappa shape index (κ3) is 9.12. The fraction of sp³-hybridized carbons (Fsp3) is 0.288. The van der Waals surface area contributed by atoms with Crippen molar-refractivity contribution in [3.8, 4) is 17.2 Å². The van der Waals surface area contributed by atoms with Crippen LogP contribution < -0.4 is 26.0 Å². The zero-order valence-corrected chi connectivity index (χ0v) is 39.7. The van der Waals surface area contributed by atoms with E-state index in [0.717, 1.165) is 5.56 Å². The maximum atomic E-state index is 14.0. The van der Waals surface area contributed by atoms with Gasteiger partial charge in [-0.1, -0.05) is 30.3 Å². The number of aromatic hydroxyl groups is 2. The average Bonchev–Trinajstić information content (AvgIpc) is 3.92. The lowest BCUT2D eigenvalue weighted by Gasteiger charge is -2.43. The number of phenols is 2. The molecule has 6 aromatic rings. The molecular formula is C52H51N7O13. The number of ketones is 3. The van der Waals surface area contributed by atoms with Gasteiger partial charge in [0, 0.05) is 86.9 Å². The summed E-state index contributed by atoms with van der Waals surface area (Å²) < 4.78 is 21.0. The monoisotopic (exact) mass is 981 g/mol. The number of hydrogen-bond donors (Lipinski definition) is 8. The number of aliphatic hydroxyl groups excluding tert-OH is 1. The van der Waals surface area contributed by atoms with Crippen LogP contribution in [-0.2, 0) is 41.3 Å². The lowest BCUT2D eigenvalue weighted by molar-refractivity contribution is -0.249. The van der Waals surface area contributed by atoms with E-state index in [-0.39, 0.29) is 58.1 Å². The molecular weight excluding hydrogens is 931 g/mol. The van der Waals surface area contributed by atoms with Gasteiger partial charge < -0.3 is 65.0 Å². The van der Waals surface area contributed by atoms with Crippen molar-refractivity contribution in [3.63, 3.8) is 0 Å². The Kier molecular flexibility index (Phi) is 13.1. The Bertz CT molecular complexity index is 3180. The topological polar surface area (TPSA) is 282 Å². The molecule has 1 aliphatic heterocycles. The summed E-state index contributed by atoms with van der Waals surface area (Å²) in [5, 5.41) is 58.2.